The van der Waals surface area contributed by atoms with Gasteiger partial charge in [0.05, 0.1) is 11.8 Å². The zero-order chi connectivity index (χ0) is 27.2. The Labute approximate surface area is 227 Å². The molecular weight excluding hydrogens is 492 g/mol. The predicted octanol–water partition coefficient (Wildman–Crippen LogP) is 4.12. The van der Waals surface area contributed by atoms with Gasteiger partial charge in [-0.15, -0.1) is 0 Å². The highest BCUT2D eigenvalue weighted by molar-refractivity contribution is 5.93. The number of urea groups is 1. The Kier molecular flexibility index (Phi) is 7.81. The van der Waals surface area contributed by atoms with Crippen LogP contribution in [-0.2, 0) is 13.6 Å². The van der Waals surface area contributed by atoms with Crippen molar-refractivity contribution in [3.05, 3.63) is 90.5 Å². The first-order valence-corrected chi connectivity index (χ1v) is 13.0. The summed E-state index contributed by atoms with van der Waals surface area (Å²) in [6.45, 7) is 0.458. The van der Waals surface area contributed by atoms with Crippen molar-refractivity contribution in [3.8, 4) is 11.1 Å². The number of aromatic nitrogens is 4. The number of benzene rings is 2. The van der Waals surface area contributed by atoms with Crippen LogP contribution >= 0.6 is 0 Å². The second-order valence-electron chi connectivity index (χ2n) is 9.77. The molecule has 0 spiro atoms. The number of nitrogens with one attached hydrogen (secondary N) is 2. The molecule has 1 saturated carbocycles. The van der Waals surface area contributed by atoms with Gasteiger partial charge in [0.2, 0.25) is 5.95 Å². The van der Waals surface area contributed by atoms with Crippen molar-refractivity contribution >= 4 is 23.6 Å². The highest BCUT2D eigenvalue weighted by atomic mass is 16.2. The van der Waals surface area contributed by atoms with Crippen molar-refractivity contribution in [2.75, 3.05) is 10.2 Å². The van der Waals surface area contributed by atoms with E-state index in [-0.39, 0.29) is 23.7 Å². The third kappa shape index (κ3) is 6.40. The van der Waals surface area contributed by atoms with Gasteiger partial charge in [0, 0.05) is 55.5 Å². The first-order valence-electron chi connectivity index (χ1n) is 13.0. The summed E-state index contributed by atoms with van der Waals surface area (Å²) in [6.07, 6.45) is 10.00. The Hall–Kier alpha value is -4.73. The Morgan fingerprint density at radius 1 is 0.949 bits per heavy atom. The average molecular weight is 525 g/mol. The average Bonchev–Trinajstić information content (AvgIpc) is 3.40. The lowest BCUT2D eigenvalue weighted by Gasteiger charge is -2.37. The van der Waals surface area contributed by atoms with Gasteiger partial charge in [-0.05, 0) is 48.9 Å². The van der Waals surface area contributed by atoms with Gasteiger partial charge < -0.3 is 16.4 Å². The minimum absolute atomic E-state index is 0.0428. The van der Waals surface area contributed by atoms with Gasteiger partial charge in [0.15, 0.2) is 0 Å². The van der Waals surface area contributed by atoms with Crippen LogP contribution in [0.5, 0.6) is 0 Å². The molecular formula is C29H32N8O2. The van der Waals surface area contributed by atoms with Crippen LogP contribution in [0.2, 0.25) is 0 Å². The first-order chi connectivity index (χ1) is 19.0. The van der Waals surface area contributed by atoms with Crippen LogP contribution < -0.4 is 21.3 Å². The fraction of sp³-hybridized carbons (Fsp3) is 0.276. The number of carbonyl (C=O) groups excluding carboxylic acids is 2. The minimum Gasteiger partial charge on any atom is -0.366 e. The first kappa shape index (κ1) is 25.9. The van der Waals surface area contributed by atoms with Crippen LogP contribution in [0.1, 0.15) is 41.6 Å². The molecule has 4 N–H and O–H groups in total. The van der Waals surface area contributed by atoms with E-state index in [1.54, 1.807) is 4.68 Å². The molecule has 1 aliphatic carbocycles. The Morgan fingerprint density at radius 3 is 2.26 bits per heavy atom. The van der Waals surface area contributed by atoms with Gasteiger partial charge in [-0.25, -0.2) is 14.8 Å². The Morgan fingerprint density at radius 2 is 1.64 bits per heavy atom. The molecule has 0 atom stereocenters. The molecule has 10 nitrogen and oxygen atoms in total. The van der Waals surface area contributed by atoms with E-state index in [9.17, 15) is 9.59 Å². The van der Waals surface area contributed by atoms with Crippen molar-refractivity contribution in [1.82, 2.24) is 25.1 Å². The van der Waals surface area contributed by atoms with E-state index in [1.807, 2.05) is 78.9 Å². The number of aryl methyl sites for hydroxylation is 1. The molecule has 0 saturated heterocycles. The van der Waals surface area contributed by atoms with Crippen LogP contribution in [0, 0.1) is 0 Å². The van der Waals surface area contributed by atoms with Crippen molar-refractivity contribution in [2.24, 2.45) is 12.8 Å². The zero-order valence-electron chi connectivity index (χ0n) is 21.8. The molecule has 1 aliphatic rings. The summed E-state index contributed by atoms with van der Waals surface area (Å²) < 4.78 is 1.77. The molecule has 0 bridgehead atoms. The summed E-state index contributed by atoms with van der Waals surface area (Å²) in [7, 11) is 1.89. The van der Waals surface area contributed by atoms with Gasteiger partial charge in [0.1, 0.15) is 0 Å². The molecule has 2 heterocycles. The number of amides is 3. The largest absolute Gasteiger partial charge is 0.366 e. The lowest BCUT2D eigenvalue weighted by molar-refractivity contribution is 0.0999. The standard InChI is InChI=1S/C29H32N8O2/c1-36-19-23(18-34-36)21-7-11-25(12-8-21)37(29(39)33-15-20-5-3-2-4-6-20)26-13-9-24(10-14-26)35-28-31-16-22(17-32-28)27(30)38/h2-8,11-12,16-19,24,26H,9-10,13-15H2,1H3,(H2,30,38)(H,33,39)(H,31,32,35). The van der Waals surface area contributed by atoms with E-state index in [0.717, 1.165) is 48.1 Å². The summed E-state index contributed by atoms with van der Waals surface area (Å²) in [6, 6.07) is 18.1. The van der Waals surface area contributed by atoms with Crippen molar-refractivity contribution in [3.63, 3.8) is 0 Å². The van der Waals surface area contributed by atoms with E-state index in [1.165, 1.54) is 12.4 Å². The molecule has 0 aliphatic heterocycles. The lowest BCUT2D eigenvalue weighted by atomic mass is 9.90. The molecule has 2 aromatic heterocycles. The summed E-state index contributed by atoms with van der Waals surface area (Å²) in [5, 5.41) is 10.7. The summed E-state index contributed by atoms with van der Waals surface area (Å²) in [5.74, 6) is -0.0898. The minimum atomic E-state index is -0.554. The maximum atomic E-state index is 13.6. The second-order valence-corrected chi connectivity index (χ2v) is 9.77. The van der Waals surface area contributed by atoms with Crippen molar-refractivity contribution in [2.45, 2.75) is 44.3 Å². The lowest BCUT2D eigenvalue weighted by Crippen LogP contribution is -2.48. The number of nitrogens with zero attached hydrogens (tertiary/aromatic N) is 5. The van der Waals surface area contributed by atoms with Crippen molar-refractivity contribution in [1.29, 1.82) is 0 Å². The number of primary amides is 1. The van der Waals surface area contributed by atoms with Crippen LogP contribution in [0.15, 0.2) is 79.4 Å². The van der Waals surface area contributed by atoms with E-state index < -0.39 is 5.91 Å². The van der Waals surface area contributed by atoms with E-state index in [4.69, 9.17) is 5.73 Å². The molecule has 3 amide bonds. The molecule has 39 heavy (non-hydrogen) atoms. The Bertz CT molecular complexity index is 1400. The van der Waals surface area contributed by atoms with Gasteiger partial charge in [-0.3, -0.25) is 14.4 Å². The van der Waals surface area contributed by atoms with Gasteiger partial charge in [-0.2, -0.15) is 5.10 Å². The quantitative estimate of drug-likeness (QED) is 0.318. The number of rotatable bonds is 8. The summed E-state index contributed by atoms with van der Waals surface area (Å²) >= 11 is 0. The van der Waals surface area contributed by atoms with E-state index in [2.05, 4.69) is 25.7 Å². The van der Waals surface area contributed by atoms with Crippen LogP contribution in [-0.4, -0.2) is 43.8 Å². The van der Waals surface area contributed by atoms with Gasteiger partial charge in [0.25, 0.3) is 5.91 Å². The molecule has 1 fully saturated rings. The van der Waals surface area contributed by atoms with Gasteiger partial charge >= 0.3 is 6.03 Å². The number of carbonyl (C=O) groups is 2. The SMILES string of the molecule is Cn1cc(-c2ccc(N(C(=O)NCc3ccccc3)C3CCC(Nc4ncc(C(N)=O)cn4)CC3)cc2)cn1. The van der Waals surface area contributed by atoms with Crippen LogP contribution in [0.4, 0.5) is 16.4 Å². The smallest absolute Gasteiger partial charge is 0.322 e. The third-order valence-corrected chi connectivity index (χ3v) is 7.02. The molecule has 2 aromatic carbocycles. The molecule has 200 valence electrons. The normalized spacial score (nSPS) is 16.8. The fourth-order valence-electron chi connectivity index (χ4n) is 4.93. The van der Waals surface area contributed by atoms with Crippen LogP contribution in [0.3, 0.4) is 0 Å². The number of hydrogen-bond acceptors (Lipinski definition) is 6. The maximum Gasteiger partial charge on any atom is 0.322 e. The molecule has 0 radical (unpaired) electrons. The zero-order valence-corrected chi connectivity index (χ0v) is 21.8. The highest BCUT2D eigenvalue weighted by Crippen LogP contribution is 2.30. The summed E-state index contributed by atoms with van der Waals surface area (Å²) in [4.78, 5) is 35.1. The number of anilines is 2. The molecule has 4 aromatic rings. The van der Waals surface area contributed by atoms with Crippen LogP contribution in [0.25, 0.3) is 11.1 Å². The predicted molar refractivity (Wildman–Crippen MR) is 150 cm³/mol. The second kappa shape index (κ2) is 11.8. The van der Waals surface area contributed by atoms with Gasteiger partial charge in [-0.1, -0.05) is 42.5 Å². The fourth-order valence-corrected chi connectivity index (χ4v) is 4.93. The number of nitrogens with two attached hydrogens (primary N) is 1. The highest BCUT2D eigenvalue weighted by Gasteiger charge is 2.30. The maximum absolute atomic E-state index is 13.6. The monoisotopic (exact) mass is 524 g/mol. The van der Waals surface area contributed by atoms with E-state index >= 15 is 0 Å². The van der Waals surface area contributed by atoms with Crippen molar-refractivity contribution < 1.29 is 9.59 Å². The molecule has 10 heteroatoms. The Balaban J connectivity index is 1.28. The number of hydrogen-bond donors (Lipinski definition) is 3. The molecule has 5 rings (SSSR count). The third-order valence-electron chi connectivity index (χ3n) is 7.02. The summed E-state index contributed by atoms with van der Waals surface area (Å²) in [5.41, 5.74) is 9.53. The van der Waals surface area contributed by atoms with E-state index in [0.29, 0.717) is 12.5 Å². The molecule has 0 unspecified atom stereocenters. The topological polar surface area (TPSA) is 131 Å².